The fraction of sp³-hybridized carbons (Fsp3) is 0.912. The summed E-state index contributed by atoms with van der Waals surface area (Å²) in [6.45, 7) is 5.19. The van der Waals surface area contributed by atoms with Crippen LogP contribution in [0.2, 0.25) is 0 Å². The Kier molecular flexibility index (Phi) is 31.5. The highest BCUT2D eigenvalue weighted by molar-refractivity contribution is 5.69. The zero-order valence-electron chi connectivity index (χ0n) is 25.0. The minimum absolute atomic E-state index is 0.00312. The van der Waals surface area contributed by atoms with E-state index in [1.807, 2.05) is 0 Å². The van der Waals surface area contributed by atoms with Crippen LogP contribution in [-0.2, 0) is 9.53 Å². The zero-order valence-corrected chi connectivity index (χ0v) is 25.0. The maximum atomic E-state index is 11.9. The first-order valence-corrected chi connectivity index (χ1v) is 16.6. The lowest BCUT2D eigenvalue weighted by Crippen LogP contribution is -2.05. The summed E-state index contributed by atoms with van der Waals surface area (Å²) in [5.74, 6) is 0.00312. The second kappa shape index (κ2) is 32.2. The first-order valence-electron chi connectivity index (χ1n) is 16.6. The van der Waals surface area contributed by atoms with E-state index < -0.39 is 0 Å². The average Bonchev–Trinajstić information content (AvgIpc) is 2.88. The second-order valence-corrected chi connectivity index (χ2v) is 11.2. The van der Waals surface area contributed by atoms with Crippen LogP contribution in [0.15, 0.2) is 12.2 Å². The van der Waals surface area contributed by atoms with Crippen molar-refractivity contribution in [2.24, 2.45) is 0 Å². The van der Waals surface area contributed by atoms with E-state index in [2.05, 4.69) is 26.0 Å². The average molecular weight is 507 g/mol. The van der Waals surface area contributed by atoms with Gasteiger partial charge in [-0.05, 0) is 38.5 Å². The van der Waals surface area contributed by atoms with Crippen molar-refractivity contribution in [3.8, 4) is 0 Å². The molecule has 0 fully saturated rings. The molecule has 0 bridgehead atoms. The van der Waals surface area contributed by atoms with Crippen LogP contribution in [0.4, 0.5) is 0 Å². The smallest absolute Gasteiger partial charge is 0.305 e. The summed E-state index contributed by atoms with van der Waals surface area (Å²) < 4.78 is 5.41. The molecule has 0 heterocycles. The summed E-state index contributed by atoms with van der Waals surface area (Å²) in [7, 11) is 0. The van der Waals surface area contributed by atoms with Crippen molar-refractivity contribution in [3.05, 3.63) is 12.2 Å². The molecule has 0 aromatic heterocycles. The van der Waals surface area contributed by atoms with E-state index in [0.29, 0.717) is 13.0 Å². The topological polar surface area (TPSA) is 26.3 Å². The maximum Gasteiger partial charge on any atom is 0.305 e. The van der Waals surface area contributed by atoms with Crippen LogP contribution in [-0.4, -0.2) is 12.6 Å². The van der Waals surface area contributed by atoms with Crippen LogP contribution < -0.4 is 0 Å². The Hall–Kier alpha value is -0.790. The predicted molar refractivity (Wildman–Crippen MR) is 161 cm³/mol. The van der Waals surface area contributed by atoms with E-state index in [9.17, 15) is 4.79 Å². The van der Waals surface area contributed by atoms with Crippen LogP contribution >= 0.6 is 0 Å². The molecule has 214 valence electrons. The summed E-state index contributed by atoms with van der Waals surface area (Å²) >= 11 is 0. The largest absolute Gasteiger partial charge is 0.466 e. The lowest BCUT2D eigenvalue weighted by Gasteiger charge is -2.05. The van der Waals surface area contributed by atoms with Crippen LogP contribution in [0.25, 0.3) is 0 Å². The number of esters is 1. The number of hydrogen-bond acceptors (Lipinski definition) is 2. The van der Waals surface area contributed by atoms with Crippen molar-refractivity contribution in [3.63, 3.8) is 0 Å². The van der Waals surface area contributed by atoms with E-state index >= 15 is 0 Å². The van der Waals surface area contributed by atoms with E-state index in [0.717, 1.165) is 25.7 Å². The third kappa shape index (κ3) is 31.2. The zero-order chi connectivity index (χ0) is 26.2. The molecular formula is C34H66O2. The molecule has 0 spiro atoms. The van der Waals surface area contributed by atoms with Crippen molar-refractivity contribution in [2.75, 3.05) is 6.61 Å². The van der Waals surface area contributed by atoms with Gasteiger partial charge in [0.2, 0.25) is 0 Å². The van der Waals surface area contributed by atoms with E-state index in [4.69, 9.17) is 4.74 Å². The number of carbonyl (C=O) groups excluding carboxylic acids is 1. The normalized spacial score (nSPS) is 11.5. The van der Waals surface area contributed by atoms with Gasteiger partial charge in [-0.2, -0.15) is 0 Å². The third-order valence-electron chi connectivity index (χ3n) is 7.40. The van der Waals surface area contributed by atoms with E-state index in [1.54, 1.807) is 0 Å². The van der Waals surface area contributed by atoms with Crippen molar-refractivity contribution >= 4 is 5.97 Å². The monoisotopic (exact) mass is 507 g/mol. The minimum atomic E-state index is 0.00312. The third-order valence-corrected chi connectivity index (χ3v) is 7.40. The SMILES string of the molecule is CCCCCCCCCCC/C=C\CCCCC(=O)OCCCCCCCCCCCCCCCC. The van der Waals surface area contributed by atoms with Gasteiger partial charge in [0.15, 0.2) is 0 Å². The molecule has 36 heavy (non-hydrogen) atoms. The number of unbranched alkanes of at least 4 members (excludes halogenated alkanes) is 24. The van der Waals surface area contributed by atoms with Gasteiger partial charge < -0.3 is 4.74 Å². The van der Waals surface area contributed by atoms with Gasteiger partial charge in [-0.25, -0.2) is 0 Å². The van der Waals surface area contributed by atoms with Crippen molar-refractivity contribution in [1.29, 1.82) is 0 Å². The van der Waals surface area contributed by atoms with Gasteiger partial charge in [-0.15, -0.1) is 0 Å². The van der Waals surface area contributed by atoms with Gasteiger partial charge in [0, 0.05) is 6.42 Å². The molecule has 2 nitrogen and oxygen atoms in total. The highest BCUT2D eigenvalue weighted by Crippen LogP contribution is 2.14. The van der Waals surface area contributed by atoms with Crippen LogP contribution in [0, 0.1) is 0 Å². The van der Waals surface area contributed by atoms with Gasteiger partial charge in [0.1, 0.15) is 0 Å². The number of hydrogen-bond donors (Lipinski definition) is 0. The summed E-state index contributed by atoms with van der Waals surface area (Å²) in [6, 6.07) is 0. The van der Waals surface area contributed by atoms with Crippen molar-refractivity contribution in [1.82, 2.24) is 0 Å². The second-order valence-electron chi connectivity index (χ2n) is 11.2. The number of carbonyl (C=O) groups is 1. The van der Waals surface area contributed by atoms with Gasteiger partial charge in [-0.3, -0.25) is 4.79 Å². The molecule has 0 saturated heterocycles. The highest BCUT2D eigenvalue weighted by atomic mass is 16.5. The molecule has 0 N–H and O–H groups in total. The summed E-state index contributed by atoms with van der Waals surface area (Å²) in [4.78, 5) is 11.9. The first-order chi connectivity index (χ1) is 17.8. The molecule has 0 aliphatic rings. The predicted octanol–water partition coefficient (Wildman–Crippen LogP) is 12.0. The van der Waals surface area contributed by atoms with Crippen molar-refractivity contribution < 1.29 is 9.53 Å². The van der Waals surface area contributed by atoms with Gasteiger partial charge in [0.05, 0.1) is 6.61 Å². The Morgan fingerprint density at radius 1 is 0.444 bits per heavy atom. The molecule has 2 heteroatoms. The molecule has 0 aromatic rings. The summed E-state index contributed by atoms with van der Waals surface area (Å²) in [5.41, 5.74) is 0. The molecule has 0 saturated carbocycles. The lowest BCUT2D eigenvalue weighted by molar-refractivity contribution is -0.143. The molecule has 0 aliphatic carbocycles. The quantitative estimate of drug-likeness (QED) is 0.0550. The molecule has 0 unspecified atom stereocenters. The first kappa shape index (κ1) is 35.2. The van der Waals surface area contributed by atoms with E-state index in [-0.39, 0.29) is 5.97 Å². The Bertz CT molecular complexity index is 442. The van der Waals surface area contributed by atoms with Gasteiger partial charge in [-0.1, -0.05) is 161 Å². The molecule has 0 aliphatic heterocycles. The van der Waals surface area contributed by atoms with Crippen LogP contribution in [0.3, 0.4) is 0 Å². The van der Waals surface area contributed by atoms with Gasteiger partial charge >= 0.3 is 5.97 Å². The van der Waals surface area contributed by atoms with Crippen LogP contribution in [0.1, 0.15) is 194 Å². The lowest BCUT2D eigenvalue weighted by atomic mass is 10.0. The molecule has 0 aromatic carbocycles. The molecule has 0 atom stereocenters. The molecule has 0 radical (unpaired) electrons. The van der Waals surface area contributed by atoms with Crippen LogP contribution in [0.5, 0.6) is 0 Å². The Morgan fingerprint density at radius 3 is 1.19 bits per heavy atom. The van der Waals surface area contributed by atoms with Crippen molar-refractivity contribution in [2.45, 2.75) is 194 Å². The Balaban J connectivity index is 3.20. The number of ether oxygens (including phenoxy) is 1. The molecular weight excluding hydrogens is 440 g/mol. The van der Waals surface area contributed by atoms with E-state index in [1.165, 1.54) is 148 Å². The van der Waals surface area contributed by atoms with Gasteiger partial charge in [0.25, 0.3) is 0 Å². The number of allylic oxidation sites excluding steroid dienone is 2. The summed E-state index contributed by atoms with van der Waals surface area (Å²) in [6.07, 6.45) is 41.2. The summed E-state index contributed by atoms with van der Waals surface area (Å²) in [5, 5.41) is 0. The fourth-order valence-corrected chi connectivity index (χ4v) is 4.89. The standard InChI is InChI=1S/C34H66O2/c1-3-5-7-9-11-13-15-17-19-20-22-24-26-28-30-32-34(35)36-33-31-29-27-25-23-21-18-16-14-12-10-8-6-4-2/h22,24H,3-21,23,25-33H2,1-2H3/b24-22-. The highest BCUT2D eigenvalue weighted by Gasteiger charge is 2.02. The fourth-order valence-electron chi connectivity index (χ4n) is 4.89. The Morgan fingerprint density at radius 2 is 0.778 bits per heavy atom. The minimum Gasteiger partial charge on any atom is -0.466 e. The molecule has 0 amide bonds. The number of rotatable bonds is 30. The Labute approximate surface area is 227 Å². The maximum absolute atomic E-state index is 11.9. The molecule has 0 rings (SSSR count).